The largest absolute Gasteiger partial charge is 0.481 e. The maximum atomic E-state index is 12.2. The Labute approximate surface area is 117 Å². The normalized spacial score (nSPS) is 11.4. The minimum atomic E-state index is -0.969. The van der Waals surface area contributed by atoms with Crippen molar-refractivity contribution in [2.75, 3.05) is 0 Å². The SMILES string of the molecule is CC(C)c1nn2cnn(CCC(=O)O)c(=O)c2c1Br. The monoisotopic (exact) mass is 328 g/mol. The molecular weight excluding hydrogens is 316 g/mol. The van der Waals surface area contributed by atoms with Gasteiger partial charge in [0, 0.05) is 0 Å². The predicted molar refractivity (Wildman–Crippen MR) is 71.3 cm³/mol. The summed E-state index contributed by atoms with van der Waals surface area (Å²) in [7, 11) is 0. The number of hydrogen-bond donors (Lipinski definition) is 1. The maximum Gasteiger partial charge on any atom is 0.305 e. The van der Waals surface area contributed by atoms with Crippen molar-refractivity contribution in [1.82, 2.24) is 19.4 Å². The highest BCUT2D eigenvalue weighted by Crippen LogP contribution is 2.25. The molecule has 7 nitrogen and oxygen atoms in total. The molecule has 102 valence electrons. The van der Waals surface area contributed by atoms with Crippen molar-refractivity contribution in [3.63, 3.8) is 0 Å². The van der Waals surface area contributed by atoms with E-state index in [0.717, 1.165) is 10.4 Å². The molecule has 0 radical (unpaired) electrons. The molecule has 0 aliphatic carbocycles. The van der Waals surface area contributed by atoms with Crippen LogP contribution in [0.15, 0.2) is 15.6 Å². The van der Waals surface area contributed by atoms with E-state index in [1.807, 2.05) is 13.8 Å². The van der Waals surface area contributed by atoms with E-state index in [-0.39, 0.29) is 24.4 Å². The number of rotatable bonds is 4. The lowest BCUT2D eigenvalue weighted by Crippen LogP contribution is -2.25. The van der Waals surface area contributed by atoms with Crippen molar-refractivity contribution in [3.05, 3.63) is 26.8 Å². The van der Waals surface area contributed by atoms with Crippen LogP contribution >= 0.6 is 15.9 Å². The lowest BCUT2D eigenvalue weighted by molar-refractivity contribution is -0.137. The number of nitrogens with zero attached hydrogens (tertiary/aromatic N) is 4. The second-order valence-corrected chi connectivity index (χ2v) is 5.24. The topological polar surface area (TPSA) is 89.5 Å². The summed E-state index contributed by atoms with van der Waals surface area (Å²) in [6.07, 6.45) is 1.26. The van der Waals surface area contributed by atoms with Gasteiger partial charge in [0.05, 0.1) is 23.1 Å². The van der Waals surface area contributed by atoms with Crippen molar-refractivity contribution in [2.45, 2.75) is 32.7 Å². The summed E-state index contributed by atoms with van der Waals surface area (Å²) in [6, 6.07) is 0. The third-order valence-electron chi connectivity index (χ3n) is 2.70. The van der Waals surface area contributed by atoms with E-state index in [2.05, 4.69) is 26.1 Å². The molecule has 0 saturated carbocycles. The van der Waals surface area contributed by atoms with Crippen molar-refractivity contribution in [1.29, 1.82) is 0 Å². The molecule has 2 aromatic heterocycles. The molecule has 8 heteroatoms. The molecule has 0 unspecified atom stereocenters. The average Bonchev–Trinajstić information content (AvgIpc) is 2.66. The molecular formula is C11H13BrN4O3. The van der Waals surface area contributed by atoms with E-state index in [0.29, 0.717) is 9.99 Å². The van der Waals surface area contributed by atoms with Crippen LogP contribution in [0.3, 0.4) is 0 Å². The number of halogens is 1. The van der Waals surface area contributed by atoms with Gasteiger partial charge in [-0.25, -0.2) is 9.20 Å². The first-order valence-corrected chi connectivity index (χ1v) is 6.56. The van der Waals surface area contributed by atoms with Crippen molar-refractivity contribution in [2.24, 2.45) is 0 Å². The fourth-order valence-corrected chi connectivity index (χ4v) is 2.61. The Morgan fingerprint density at radius 1 is 1.53 bits per heavy atom. The number of aliphatic carboxylic acids is 1. The van der Waals surface area contributed by atoms with Gasteiger partial charge in [-0.15, -0.1) is 0 Å². The summed E-state index contributed by atoms with van der Waals surface area (Å²) in [6.45, 7) is 3.99. The first kappa shape index (κ1) is 13.7. The Balaban J connectivity index is 2.55. The van der Waals surface area contributed by atoms with Crippen LogP contribution in [-0.4, -0.2) is 30.5 Å². The lowest BCUT2D eigenvalue weighted by Gasteiger charge is -2.02. The van der Waals surface area contributed by atoms with Gasteiger partial charge in [0.15, 0.2) is 0 Å². The third kappa shape index (κ3) is 2.53. The minimum absolute atomic E-state index is 0.0410. The molecule has 0 aliphatic rings. The molecule has 2 rings (SSSR count). The molecule has 2 aromatic rings. The summed E-state index contributed by atoms with van der Waals surface area (Å²) in [5.74, 6) is -0.801. The second kappa shape index (κ2) is 5.12. The quantitative estimate of drug-likeness (QED) is 0.912. The van der Waals surface area contributed by atoms with Gasteiger partial charge < -0.3 is 5.11 Å². The number of hydrogen-bond acceptors (Lipinski definition) is 4. The van der Waals surface area contributed by atoms with Gasteiger partial charge in [0.25, 0.3) is 5.56 Å². The van der Waals surface area contributed by atoms with Crippen LogP contribution in [0.25, 0.3) is 5.52 Å². The zero-order valence-electron chi connectivity index (χ0n) is 10.5. The molecule has 0 bridgehead atoms. The second-order valence-electron chi connectivity index (χ2n) is 4.45. The standard InChI is InChI=1S/C11H13BrN4O3/c1-6(2)9-8(12)10-11(19)15(4-3-7(17)18)13-5-16(10)14-9/h5-6H,3-4H2,1-2H3,(H,17,18). The van der Waals surface area contributed by atoms with Crippen LogP contribution < -0.4 is 5.56 Å². The molecule has 0 saturated heterocycles. The van der Waals surface area contributed by atoms with E-state index in [9.17, 15) is 9.59 Å². The van der Waals surface area contributed by atoms with E-state index in [1.54, 1.807) is 0 Å². The number of aromatic nitrogens is 4. The predicted octanol–water partition coefficient (Wildman–Crippen LogP) is 1.25. The number of fused-ring (bicyclic) bond motifs is 1. The molecule has 2 heterocycles. The number of carboxylic acids is 1. The Morgan fingerprint density at radius 3 is 2.79 bits per heavy atom. The van der Waals surface area contributed by atoms with Crippen molar-refractivity contribution >= 4 is 27.4 Å². The highest BCUT2D eigenvalue weighted by molar-refractivity contribution is 9.10. The molecule has 19 heavy (non-hydrogen) atoms. The Kier molecular flexibility index (Phi) is 3.70. The summed E-state index contributed by atoms with van der Waals surface area (Å²) < 4.78 is 3.19. The van der Waals surface area contributed by atoms with Gasteiger partial charge in [0.2, 0.25) is 0 Å². The average molecular weight is 329 g/mol. The van der Waals surface area contributed by atoms with Crippen LogP contribution in [0.2, 0.25) is 0 Å². The van der Waals surface area contributed by atoms with E-state index in [4.69, 9.17) is 5.11 Å². The summed E-state index contributed by atoms with van der Waals surface area (Å²) in [4.78, 5) is 22.8. The Hall–Kier alpha value is -1.70. The molecule has 0 aliphatic heterocycles. The molecule has 0 aromatic carbocycles. The summed E-state index contributed by atoms with van der Waals surface area (Å²) in [5, 5.41) is 16.8. The number of aryl methyl sites for hydroxylation is 1. The summed E-state index contributed by atoms with van der Waals surface area (Å²) >= 11 is 3.38. The highest BCUT2D eigenvalue weighted by atomic mass is 79.9. The van der Waals surface area contributed by atoms with Gasteiger partial charge >= 0.3 is 5.97 Å². The molecule has 1 N–H and O–H groups in total. The molecule has 0 amide bonds. The maximum absolute atomic E-state index is 12.2. The van der Waals surface area contributed by atoms with Crippen LogP contribution in [0.1, 0.15) is 31.9 Å². The van der Waals surface area contributed by atoms with Crippen molar-refractivity contribution in [3.8, 4) is 0 Å². The van der Waals surface area contributed by atoms with Gasteiger partial charge in [0.1, 0.15) is 11.8 Å². The smallest absolute Gasteiger partial charge is 0.305 e. The molecule has 0 fully saturated rings. The first-order chi connectivity index (χ1) is 8.91. The fraction of sp³-hybridized carbons (Fsp3) is 0.455. The zero-order valence-corrected chi connectivity index (χ0v) is 12.1. The van der Waals surface area contributed by atoms with Crippen LogP contribution in [0.4, 0.5) is 0 Å². The van der Waals surface area contributed by atoms with Crippen LogP contribution in [0.5, 0.6) is 0 Å². The van der Waals surface area contributed by atoms with Gasteiger partial charge in [-0.05, 0) is 21.8 Å². The minimum Gasteiger partial charge on any atom is -0.481 e. The molecule has 0 spiro atoms. The first-order valence-electron chi connectivity index (χ1n) is 5.77. The van der Waals surface area contributed by atoms with E-state index < -0.39 is 5.97 Å². The Morgan fingerprint density at radius 2 is 2.21 bits per heavy atom. The highest BCUT2D eigenvalue weighted by Gasteiger charge is 2.17. The van der Waals surface area contributed by atoms with Crippen LogP contribution in [-0.2, 0) is 11.3 Å². The van der Waals surface area contributed by atoms with Gasteiger partial charge in [-0.2, -0.15) is 10.2 Å². The van der Waals surface area contributed by atoms with Crippen molar-refractivity contribution < 1.29 is 9.90 Å². The van der Waals surface area contributed by atoms with E-state index in [1.165, 1.54) is 10.8 Å². The van der Waals surface area contributed by atoms with Crippen LogP contribution in [0, 0.1) is 0 Å². The van der Waals surface area contributed by atoms with Gasteiger partial charge in [-0.3, -0.25) is 9.59 Å². The lowest BCUT2D eigenvalue weighted by atomic mass is 10.1. The van der Waals surface area contributed by atoms with E-state index >= 15 is 0 Å². The molecule has 0 atom stereocenters. The fourth-order valence-electron chi connectivity index (χ4n) is 1.72. The number of carboxylic acid groups (broad SMARTS) is 1. The third-order valence-corrected chi connectivity index (χ3v) is 3.48. The Bertz CT molecular complexity index is 689. The summed E-state index contributed by atoms with van der Waals surface area (Å²) in [5.41, 5.74) is 0.800. The number of carbonyl (C=O) groups is 1. The van der Waals surface area contributed by atoms with Gasteiger partial charge in [-0.1, -0.05) is 13.8 Å². The zero-order chi connectivity index (χ0) is 14.2.